The number of phenols is 3. The lowest BCUT2D eigenvalue weighted by molar-refractivity contribution is -0.135. The van der Waals surface area contributed by atoms with Crippen LogP contribution in [-0.2, 0) is 4.79 Å². The molecule has 1 unspecified atom stereocenters. The van der Waals surface area contributed by atoms with Crippen molar-refractivity contribution in [3.05, 3.63) is 47.5 Å². The van der Waals surface area contributed by atoms with E-state index in [1.807, 2.05) is 0 Å². The molecule has 0 aromatic heterocycles. The highest BCUT2D eigenvalue weighted by atomic mass is 16.5. The zero-order chi connectivity index (χ0) is 15.1. The molecule has 0 aliphatic carbocycles. The Labute approximate surface area is 118 Å². The first kappa shape index (κ1) is 13.0. The molecule has 2 aromatic rings. The summed E-state index contributed by atoms with van der Waals surface area (Å²) in [6.45, 7) is 0. The molecule has 6 heteroatoms. The van der Waals surface area contributed by atoms with E-state index in [0.29, 0.717) is 5.56 Å². The minimum absolute atomic E-state index is 0.00328. The summed E-state index contributed by atoms with van der Waals surface area (Å²) < 4.78 is 5.02. The average Bonchev–Trinajstić information content (AvgIpc) is 2.39. The van der Waals surface area contributed by atoms with Crippen molar-refractivity contribution in [2.45, 2.75) is 5.92 Å². The molecule has 6 nitrogen and oxygen atoms in total. The van der Waals surface area contributed by atoms with Crippen LogP contribution in [0.25, 0.3) is 0 Å². The summed E-state index contributed by atoms with van der Waals surface area (Å²) >= 11 is 0. The van der Waals surface area contributed by atoms with Crippen molar-refractivity contribution in [2.75, 3.05) is 0 Å². The van der Waals surface area contributed by atoms with E-state index in [9.17, 15) is 24.9 Å². The monoisotopic (exact) mass is 286 g/mol. The van der Waals surface area contributed by atoms with E-state index < -0.39 is 23.4 Å². The minimum Gasteiger partial charge on any atom is -0.508 e. The number of carbonyl (C=O) groups excluding carboxylic acids is 2. The Bertz CT molecular complexity index is 748. The van der Waals surface area contributed by atoms with Gasteiger partial charge in [0.15, 0.2) is 5.78 Å². The number of Topliss-reactive ketones (excluding diaryl/α,β-unsaturated/α-hetero) is 1. The van der Waals surface area contributed by atoms with Gasteiger partial charge in [-0.2, -0.15) is 0 Å². The van der Waals surface area contributed by atoms with Crippen molar-refractivity contribution >= 4 is 11.8 Å². The molecule has 0 bridgehead atoms. The van der Waals surface area contributed by atoms with E-state index >= 15 is 0 Å². The van der Waals surface area contributed by atoms with Gasteiger partial charge in [0, 0.05) is 12.1 Å². The molecular weight excluding hydrogens is 276 g/mol. The third-order valence-electron chi connectivity index (χ3n) is 3.25. The van der Waals surface area contributed by atoms with E-state index in [0.717, 1.165) is 12.1 Å². The number of ether oxygens (including phenoxy) is 1. The number of rotatable bonds is 1. The van der Waals surface area contributed by atoms with Gasteiger partial charge in [-0.1, -0.05) is 12.1 Å². The number of fused-ring (bicyclic) bond motifs is 1. The largest absolute Gasteiger partial charge is 0.508 e. The van der Waals surface area contributed by atoms with E-state index in [4.69, 9.17) is 4.74 Å². The topological polar surface area (TPSA) is 104 Å². The number of ketones is 1. The second-order valence-electron chi connectivity index (χ2n) is 4.65. The molecular formula is C15H10O6. The van der Waals surface area contributed by atoms with Crippen molar-refractivity contribution in [1.82, 2.24) is 0 Å². The molecule has 21 heavy (non-hydrogen) atoms. The predicted molar refractivity (Wildman–Crippen MR) is 70.6 cm³/mol. The predicted octanol–water partition coefficient (Wildman–Crippen LogP) is 1.69. The van der Waals surface area contributed by atoms with Crippen LogP contribution in [0.4, 0.5) is 0 Å². The van der Waals surface area contributed by atoms with Crippen LogP contribution in [0, 0.1) is 0 Å². The highest BCUT2D eigenvalue weighted by Crippen LogP contribution is 2.40. The lowest BCUT2D eigenvalue weighted by Gasteiger charge is -2.23. The van der Waals surface area contributed by atoms with E-state index in [1.165, 1.54) is 24.3 Å². The van der Waals surface area contributed by atoms with Gasteiger partial charge in [-0.15, -0.1) is 0 Å². The number of aromatic hydroxyl groups is 3. The number of hydrogen-bond donors (Lipinski definition) is 3. The van der Waals surface area contributed by atoms with Crippen molar-refractivity contribution < 1.29 is 29.6 Å². The Morgan fingerprint density at radius 1 is 0.905 bits per heavy atom. The van der Waals surface area contributed by atoms with Gasteiger partial charge in [-0.3, -0.25) is 9.59 Å². The highest BCUT2D eigenvalue weighted by molar-refractivity contribution is 6.18. The number of phenolic OH excluding ortho intramolecular Hbond substituents is 3. The van der Waals surface area contributed by atoms with Gasteiger partial charge in [0.1, 0.15) is 34.5 Å². The lowest BCUT2D eigenvalue weighted by Crippen LogP contribution is -2.31. The Morgan fingerprint density at radius 2 is 1.57 bits per heavy atom. The van der Waals surface area contributed by atoms with Crippen LogP contribution in [0.1, 0.15) is 21.8 Å². The lowest BCUT2D eigenvalue weighted by atomic mass is 9.88. The summed E-state index contributed by atoms with van der Waals surface area (Å²) in [6.07, 6.45) is 0. The van der Waals surface area contributed by atoms with Crippen molar-refractivity contribution in [3.63, 3.8) is 0 Å². The molecule has 1 atom stereocenters. The molecule has 3 rings (SSSR count). The standard InChI is InChI=1S/C15H10O6/c16-8-3-1-7(2-4-8)12-14(19)13-10(18)5-9(17)6-11(13)21-15(12)20/h1-6,12,16-18H. The molecule has 0 spiro atoms. The van der Waals surface area contributed by atoms with Crippen LogP contribution in [0.3, 0.4) is 0 Å². The molecule has 0 amide bonds. The van der Waals surface area contributed by atoms with Gasteiger partial charge in [-0.25, -0.2) is 0 Å². The average molecular weight is 286 g/mol. The molecule has 0 saturated heterocycles. The third kappa shape index (κ3) is 2.06. The van der Waals surface area contributed by atoms with Crippen LogP contribution in [0.5, 0.6) is 23.0 Å². The summed E-state index contributed by atoms with van der Waals surface area (Å²) in [5.74, 6) is -3.57. The summed E-state index contributed by atoms with van der Waals surface area (Å²) in [7, 11) is 0. The fourth-order valence-electron chi connectivity index (χ4n) is 2.29. The Hall–Kier alpha value is -3.02. The van der Waals surface area contributed by atoms with Gasteiger partial charge in [0.2, 0.25) is 0 Å². The zero-order valence-electron chi connectivity index (χ0n) is 10.6. The van der Waals surface area contributed by atoms with Gasteiger partial charge in [-0.05, 0) is 17.7 Å². The summed E-state index contributed by atoms with van der Waals surface area (Å²) in [5.41, 5.74) is 0.200. The number of esters is 1. The van der Waals surface area contributed by atoms with Crippen molar-refractivity contribution in [3.8, 4) is 23.0 Å². The number of carbonyl (C=O) groups is 2. The highest BCUT2D eigenvalue weighted by Gasteiger charge is 2.39. The maximum Gasteiger partial charge on any atom is 0.326 e. The van der Waals surface area contributed by atoms with Crippen LogP contribution < -0.4 is 4.74 Å². The fourth-order valence-corrected chi connectivity index (χ4v) is 2.29. The number of hydrogen-bond acceptors (Lipinski definition) is 6. The van der Waals surface area contributed by atoms with Gasteiger partial charge >= 0.3 is 5.97 Å². The van der Waals surface area contributed by atoms with Crippen molar-refractivity contribution in [1.29, 1.82) is 0 Å². The molecule has 0 saturated carbocycles. The molecule has 0 radical (unpaired) electrons. The summed E-state index contributed by atoms with van der Waals surface area (Å²) in [5, 5.41) is 28.4. The Kier molecular flexibility index (Phi) is 2.79. The molecule has 1 aliphatic rings. The van der Waals surface area contributed by atoms with Crippen LogP contribution in [0.15, 0.2) is 36.4 Å². The second kappa shape index (κ2) is 4.52. The molecule has 3 N–H and O–H groups in total. The second-order valence-corrected chi connectivity index (χ2v) is 4.65. The molecule has 2 aromatic carbocycles. The van der Waals surface area contributed by atoms with E-state index in [-0.39, 0.29) is 22.8 Å². The minimum atomic E-state index is -1.21. The van der Waals surface area contributed by atoms with Gasteiger partial charge in [0.25, 0.3) is 0 Å². The SMILES string of the molecule is O=C1Oc2cc(O)cc(O)c2C(=O)C1c1ccc(O)cc1. The van der Waals surface area contributed by atoms with Gasteiger partial charge in [0.05, 0.1) is 0 Å². The normalized spacial score (nSPS) is 17.2. The molecule has 106 valence electrons. The van der Waals surface area contributed by atoms with E-state index in [2.05, 4.69) is 0 Å². The maximum atomic E-state index is 12.4. The molecule has 0 fully saturated rings. The first-order valence-corrected chi connectivity index (χ1v) is 6.08. The Balaban J connectivity index is 2.11. The first-order chi connectivity index (χ1) is 9.97. The quantitative estimate of drug-likeness (QED) is 0.418. The van der Waals surface area contributed by atoms with Gasteiger partial charge < -0.3 is 20.1 Å². The van der Waals surface area contributed by atoms with Crippen molar-refractivity contribution in [2.24, 2.45) is 0 Å². The summed E-state index contributed by atoms with van der Waals surface area (Å²) in [6, 6.07) is 7.66. The fraction of sp³-hybridized carbons (Fsp3) is 0.0667. The Morgan fingerprint density at radius 3 is 2.24 bits per heavy atom. The maximum absolute atomic E-state index is 12.4. The van der Waals surface area contributed by atoms with E-state index in [1.54, 1.807) is 0 Å². The van der Waals surface area contributed by atoms with Crippen LogP contribution >= 0.6 is 0 Å². The smallest absolute Gasteiger partial charge is 0.326 e. The number of benzene rings is 2. The third-order valence-corrected chi connectivity index (χ3v) is 3.25. The first-order valence-electron chi connectivity index (χ1n) is 6.08. The summed E-state index contributed by atoms with van der Waals surface area (Å²) in [4.78, 5) is 24.4. The zero-order valence-corrected chi connectivity index (χ0v) is 10.6. The van der Waals surface area contributed by atoms with Crippen LogP contribution in [-0.4, -0.2) is 27.1 Å². The molecule has 1 aliphatic heterocycles. The van der Waals surface area contributed by atoms with Crippen LogP contribution in [0.2, 0.25) is 0 Å². The molecule has 1 heterocycles.